The highest BCUT2D eigenvalue weighted by atomic mass is 32.2. The summed E-state index contributed by atoms with van der Waals surface area (Å²) in [5.41, 5.74) is 4.14. The van der Waals surface area contributed by atoms with Crippen molar-refractivity contribution in [3.8, 4) is 11.4 Å². The number of anilines is 1. The Balaban J connectivity index is 1.71. The smallest absolute Gasteiger partial charge is 0.234 e. The zero-order chi connectivity index (χ0) is 19.4. The van der Waals surface area contributed by atoms with E-state index in [0.29, 0.717) is 5.75 Å². The van der Waals surface area contributed by atoms with Crippen LogP contribution in [0, 0.1) is 20.8 Å². The molecule has 1 amide bonds. The van der Waals surface area contributed by atoms with Gasteiger partial charge in [0.25, 0.3) is 0 Å². The number of carbonyl (C=O) groups is 1. The van der Waals surface area contributed by atoms with Crippen molar-refractivity contribution in [3.05, 3.63) is 45.6 Å². The van der Waals surface area contributed by atoms with Gasteiger partial charge in [0.15, 0.2) is 11.0 Å². The van der Waals surface area contributed by atoms with Crippen LogP contribution in [0.1, 0.15) is 29.3 Å². The number of rotatable bonds is 7. The highest BCUT2D eigenvalue weighted by Gasteiger charge is 2.16. The molecule has 0 fully saturated rings. The molecular formula is C20H24N4OS2. The van der Waals surface area contributed by atoms with E-state index >= 15 is 0 Å². The van der Waals surface area contributed by atoms with Crippen molar-refractivity contribution >= 4 is 34.7 Å². The molecule has 0 bridgehead atoms. The van der Waals surface area contributed by atoms with E-state index in [1.54, 1.807) is 11.3 Å². The number of carbonyl (C=O) groups excluding carboxylic acids is 1. The fourth-order valence-corrected chi connectivity index (χ4v) is 4.23. The minimum Gasteiger partial charge on any atom is -0.325 e. The van der Waals surface area contributed by atoms with Crippen LogP contribution in [0.4, 0.5) is 5.69 Å². The van der Waals surface area contributed by atoms with Gasteiger partial charge in [-0.3, -0.25) is 4.79 Å². The van der Waals surface area contributed by atoms with E-state index in [2.05, 4.69) is 45.4 Å². The van der Waals surface area contributed by atoms with Gasteiger partial charge in [-0.1, -0.05) is 30.8 Å². The van der Waals surface area contributed by atoms with E-state index in [4.69, 9.17) is 0 Å². The largest absolute Gasteiger partial charge is 0.325 e. The lowest BCUT2D eigenvalue weighted by Crippen LogP contribution is -2.15. The summed E-state index contributed by atoms with van der Waals surface area (Å²) in [6, 6.07) is 8.18. The van der Waals surface area contributed by atoms with Crippen LogP contribution in [0.15, 0.2) is 34.8 Å². The first-order chi connectivity index (χ1) is 13.0. The zero-order valence-corrected chi connectivity index (χ0v) is 17.7. The van der Waals surface area contributed by atoms with Gasteiger partial charge in [0.1, 0.15) is 0 Å². The molecule has 2 heterocycles. The highest BCUT2D eigenvalue weighted by molar-refractivity contribution is 7.99. The van der Waals surface area contributed by atoms with Gasteiger partial charge in [0, 0.05) is 28.1 Å². The Morgan fingerprint density at radius 3 is 2.74 bits per heavy atom. The van der Waals surface area contributed by atoms with Crippen LogP contribution in [-0.4, -0.2) is 26.4 Å². The molecule has 142 valence electrons. The third-order valence-corrected chi connectivity index (χ3v) is 5.98. The van der Waals surface area contributed by atoms with Crippen molar-refractivity contribution < 1.29 is 4.79 Å². The molecule has 0 spiro atoms. The molecule has 3 rings (SSSR count). The van der Waals surface area contributed by atoms with Crippen molar-refractivity contribution in [2.45, 2.75) is 45.8 Å². The molecule has 0 saturated carbocycles. The number of nitrogens with zero attached hydrogens (tertiary/aromatic N) is 3. The number of thioether (sulfide) groups is 1. The van der Waals surface area contributed by atoms with Crippen LogP contribution in [0.5, 0.6) is 0 Å². The maximum atomic E-state index is 12.4. The second kappa shape index (κ2) is 8.71. The first-order valence-electron chi connectivity index (χ1n) is 8.96. The molecule has 0 aliphatic carbocycles. The second-order valence-corrected chi connectivity index (χ2v) is 8.62. The molecule has 1 aromatic carbocycles. The van der Waals surface area contributed by atoms with Gasteiger partial charge in [0.05, 0.1) is 5.75 Å². The Hall–Kier alpha value is -2.12. The van der Waals surface area contributed by atoms with Gasteiger partial charge < -0.3 is 9.88 Å². The monoisotopic (exact) mass is 400 g/mol. The molecule has 0 aliphatic heterocycles. The number of thiophene rings is 1. The number of aromatic nitrogens is 3. The van der Waals surface area contributed by atoms with E-state index < -0.39 is 0 Å². The minimum absolute atomic E-state index is 0.0346. The summed E-state index contributed by atoms with van der Waals surface area (Å²) in [4.78, 5) is 13.7. The molecule has 2 aromatic heterocycles. The number of hydrogen-bond acceptors (Lipinski definition) is 5. The quantitative estimate of drug-likeness (QED) is 0.562. The molecule has 27 heavy (non-hydrogen) atoms. The van der Waals surface area contributed by atoms with Crippen molar-refractivity contribution in [2.75, 3.05) is 11.1 Å². The fourth-order valence-electron chi connectivity index (χ4n) is 2.78. The molecule has 0 radical (unpaired) electrons. The molecule has 0 atom stereocenters. The molecule has 0 aliphatic rings. The summed E-state index contributed by atoms with van der Waals surface area (Å²) < 4.78 is 2.11. The molecule has 5 nitrogen and oxygen atoms in total. The van der Waals surface area contributed by atoms with Gasteiger partial charge in [-0.25, -0.2) is 0 Å². The number of nitrogens with one attached hydrogen (secondary N) is 1. The number of hydrogen-bond donors (Lipinski definition) is 1. The predicted molar refractivity (Wildman–Crippen MR) is 114 cm³/mol. The van der Waals surface area contributed by atoms with Crippen LogP contribution >= 0.6 is 23.1 Å². The minimum atomic E-state index is -0.0346. The Morgan fingerprint density at radius 1 is 1.22 bits per heavy atom. The molecule has 7 heteroatoms. The molecular weight excluding hydrogens is 376 g/mol. The van der Waals surface area contributed by atoms with Crippen molar-refractivity contribution in [2.24, 2.45) is 0 Å². The van der Waals surface area contributed by atoms with Gasteiger partial charge >= 0.3 is 0 Å². The summed E-state index contributed by atoms with van der Waals surface area (Å²) in [7, 11) is 0. The fraction of sp³-hybridized carbons (Fsp3) is 0.350. The first-order valence-corrected chi connectivity index (χ1v) is 10.8. The van der Waals surface area contributed by atoms with Gasteiger partial charge in [-0.15, -0.1) is 21.5 Å². The Kier molecular flexibility index (Phi) is 6.34. The molecule has 3 aromatic rings. The number of amides is 1. The van der Waals surface area contributed by atoms with Gasteiger partial charge in [-0.2, -0.15) is 0 Å². The lowest BCUT2D eigenvalue weighted by atomic mass is 10.1. The van der Waals surface area contributed by atoms with E-state index in [1.165, 1.54) is 16.6 Å². The summed E-state index contributed by atoms with van der Waals surface area (Å²) >= 11 is 3.13. The first kappa shape index (κ1) is 19.6. The SMILES string of the molecule is CCCn1c(SCC(=O)Nc2cc(C)ccc2C)nnc1-c1csc(C)c1. The summed E-state index contributed by atoms with van der Waals surface area (Å²) in [6.07, 6.45) is 0.983. The van der Waals surface area contributed by atoms with Crippen LogP contribution in [0.25, 0.3) is 11.4 Å². The van der Waals surface area contributed by atoms with Crippen LogP contribution in [0.3, 0.4) is 0 Å². The highest BCUT2D eigenvalue weighted by Crippen LogP contribution is 2.28. The maximum absolute atomic E-state index is 12.4. The normalized spacial score (nSPS) is 11.0. The maximum Gasteiger partial charge on any atom is 0.234 e. The van der Waals surface area contributed by atoms with E-state index in [0.717, 1.165) is 46.3 Å². The third-order valence-electron chi connectivity index (χ3n) is 4.15. The summed E-state index contributed by atoms with van der Waals surface area (Å²) in [5, 5.41) is 14.6. The lowest BCUT2D eigenvalue weighted by molar-refractivity contribution is -0.113. The number of aryl methyl sites for hydroxylation is 3. The van der Waals surface area contributed by atoms with Crippen molar-refractivity contribution in [3.63, 3.8) is 0 Å². The van der Waals surface area contributed by atoms with Gasteiger partial charge in [0.2, 0.25) is 5.91 Å². The average Bonchev–Trinajstić information content (AvgIpc) is 3.23. The van der Waals surface area contributed by atoms with Crippen molar-refractivity contribution in [1.29, 1.82) is 0 Å². The van der Waals surface area contributed by atoms with E-state index in [1.807, 2.05) is 32.0 Å². The number of benzene rings is 1. The van der Waals surface area contributed by atoms with Crippen LogP contribution in [-0.2, 0) is 11.3 Å². The van der Waals surface area contributed by atoms with Crippen LogP contribution in [0.2, 0.25) is 0 Å². The van der Waals surface area contributed by atoms with Crippen LogP contribution < -0.4 is 5.32 Å². The summed E-state index contributed by atoms with van der Waals surface area (Å²) in [6.45, 7) is 9.06. The Labute approximate surface area is 168 Å². The third kappa shape index (κ3) is 4.78. The Bertz CT molecular complexity index is 945. The average molecular weight is 401 g/mol. The standard InChI is InChI=1S/C20H24N4OS2/c1-5-8-24-19(16-10-15(4)26-11-16)22-23-20(24)27-12-18(25)21-17-9-13(2)6-7-14(17)3/h6-7,9-11H,5,8,12H2,1-4H3,(H,21,25). The molecule has 0 unspecified atom stereocenters. The van der Waals surface area contributed by atoms with Crippen molar-refractivity contribution in [1.82, 2.24) is 14.8 Å². The zero-order valence-electron chi connectivity index (χ0n) is 16.1. The second-order valence-electron chi connectivity index (χ2n) is 6.56. The molecule has 0 saturated heterocycles. The molecule has 1 N–H and O–H groups in total. The Morgan fingerprint density at radius 2 is 2.04 bits per heavy atom. The lowest BCUT2D eigenvalue weighted by Gasteiger charge is -2.10. The predicted octanol–water partition coefficient (Wildman–Crippen LogP) is 5.07. The topological polar surface area (TPSA) is 59.8 Å². The van der Waals surface area contributed by atoms with Gasteiger partial charge in [-0.05, 0) is 50.5 Å². The van der Waals surface area contributed by atoms with E-state index in [-0.39, 0.29) is 5.91 Å². The summed E-state index contributed by atoms with van der Waals surface area (Å²) in [5.74, 6) is 1.14. The van der Waals surface area contributed by atoms with E-state index in [9.17, 15) is 4.79 Å².